The first-order valence-corrected chi connectivity index (χ1v) is 9.09. The third kappa shape index (κ3) is 4.67. The summed E-state index contributed by atoms with van der Waals surface area (Å²) < 4.78 is 0. The number of nitrogens with zero attached hydrogens (tertiary/aromatic N) is 2. The van der Waals surface area contributed by atoms with E-state index >= 15 is 0 Å². The smallest absolute Gasteiger partial charge is 0.224 e. The molecule has 1 aliphatic rings. The van der Waals surface area contributed by atoms with Gasteiger partial charge in [0.05, 0.1) is 0 Å². The van der Waals surface area contributed by atoms with Crippen LogP contribution in [0.25, 0.3) is 0 Å². The molecule has 4 nitrogen and oxygen atoms in total. The van der Waals surface area contributed by atoms with E-state index in [1.165, 1.54) is 5.69 Å². The lowest BCUT2D eigenvalue weighted by Crippen LogP contribution is -2.49. The van der Waals surface area contributed by atoms with Gasteiger partial charge in [-0.3, -0.25) is 4.79 Å². The lowest BCUT2D eigenvalue weighted by atomic mass is 10.2. The maximum Gasteiger partial charge on any atom is 0.224 e. The van der Waals surface area contributed by atoms with Crippen LogP contribution in [0.15, 0.2) is 48.5 Å². The molecule has 5 heteroatoms. The van der Waals surface area contributed by atoms with Gasteiger partial charge in [-0.1, -0.05) is 35.9 Å². The molecule has 3 rings (SSSR count). The largest absolute Gasteiger partial charge is 0.384 e. The van der Waals surface area contributed by atoms with Crippen LogP contribution in [0.5, 0.6) is 0 Å². The highest BCUT2D eigenvalue weighted by atomic mass is 35.5. The first-order valence-electron chi connectivity index (χ1n) is 8.71. The second-order valence-corrected chi connectivity index (χ2v) is 6.75. The van der Waals surface area contributed by atoms with E-state index in [2.05, 4.69) is 34.5 Å². The number of carbonyl (C=O) groups excluding carboxylic acids is 1. The Morgan fingerprint density at radius 3 is 2.48 bits per heavy atom. The van der Waals surface area contributed by atoms with E-state index in [0.29, 0.717) is 13.0 Å². The Kier molecular flexibility index (Phi) is 5.82. The van der Waals surface area contributed by atoms with Gasteiger partial charge in [-0.2, -0.15) is 0 Å². The first kappa shape index (κ1) is 17.6. The molecule has 0 saturated carbocycles. The van der Waals surface area contributed by atoms with Gasteiger partial charge >= 0.3 is 0 Å². The van der Waals surface area contributed by atoms with Crippen LogP contribution in [0.1, 0.15) is 12.0 Å². The second-order valence-electron chi connectivity index (χ2n) is 6.34. The van der Waals surface area contributed by atoms with Crippen LogP contribution in [-0.2, 0) is 4.79 Å². The van der Waals surface area contributed by atoms with Gasteiger partial charge in [0.2, 0.25) is 5.91 Å². The summed E-state index contributed by atoms with van der Waals surface area (Å²) in [5, 5.41) is 4.02. The molecule has 0 aromatic heterocycles. The second kappa shape index (κ2) is 8.26. The van der Waals surface area contributed by atoms with E-state index in [9.17, 15) is 4.79 Å². The predicted molar refractivity (Wildman–Crippen MR) is 105 cm³/mol. The Labute approximate surface area is 154 Å². The van der Waals surface area contributed by atoms with Gasteiger partial charge in [-0.15, -0.1) is 0 Å². The average Bonchev–Trinajstić information content (AvgIpc) is 2.65. The standard InChI is InChI=1S/C20H24ClN3O/c1-16-7-8-17(15-19(16)21)22-10-9-20(25)24-13-11-23(12-14-24)18-5-3-2-4-6-18/h2-8,15,22H,9-14H2,1H3. The topological polar surface area (TPSA) is 35.6 Å². The maximum absolute atomic E-state index is 12.4. The molecular weight excluding hydrogens is 334 g/mol. The van der Waals surface area contributed by atoms with E-state index in [0.717, 1.165) is 42.5 Å². The maximum atomic E-state index is 12.4. The molecule has 1 N–H and O–H groups in total. The van der Waals surface area contributed by atoms with Crippen molar-refractivity contribution in [3.05, 3.63) is 59.1 Å². The number of para-hydroxylation sites is 1. The van der Waals surface area contributed by atoms with Gasteiger partial charge in [0.25, 0.3) is 0 Å². The molecule has 0 radical (unpaired) electrons. The number of carbonyl (C=O) groups is 1. The zero-order chi connectivity index (χ0) is 17.6. The molecule has 1 heterocycles. The zero-order valence-corrected chi connectivity index (χ0v) is 15.3. The van der Waals surface area contributed by atoms with Crippen molar-refractivity contribution in [3.8, 4) is 0 Å². The van der Waals surface area contributed by atoms with Gasteiger partial charge in [0, 0.05) is 55.5 Å². The van der Waals surface area contributed by atoms with Crippen molar-refractivity contribution in [3.63, 3.8) is 0 Å². The average molecular weight is 358 g/mol. The van der Waals surface area contributed by atoms with Crippen molar-refractivity contribution in [2.45, 2.75) is 13.3 Å². The fraction of sp³-hybridized carbons (Fsp3) is 0.350. The molecule has 1 aliphatic heterocycles. The molecular formula is C20H24ClN3O. The summed E-state index contributed by atoms with van der Waals surface area (Å²) in [7, 11) is 0. The first-order chi connectivity index (χ1) is 12.1. The monoisotopic (exact) mass is 357 g/mol. The Balaban J connectivity index is 1.43. The fourth-order valence-electron chi connectivity index (χ4n) is 3.03. The number of hydrogen-bond donors (Lipinski definition) is 1. The number of amides is 1. The van der Waals surface area contributed by atoms with Gasteiger partial charge in [-0.05, 0) is 36.8 Å². The van der Waals surface area contributed by atoms with Crippen LogP contribution in [0.4, 0.5) is 11.4 Å². The summed E-state index contributed by atoms with van der Waals surface area (Å²) in [5.74, 6) is 0.207. The number of halogens is 1. The van der Waals surface area contributed by atoms with Crippen molar-refractivity contribution in [2.24, 2.45) is 0 Å². The Morgan fingerprint density at radius 1 is 1.08 bits per heavy atom. The Bertz CT molecular complexity index is 712. The van der Waals surface area contributed by atoms with E-state index < -0.39 is 0 Å². The summed E-state index contributed by atoms with van der Waals surface area (Å²) in [6.07, 6.45) is 0.497. The number of hydrogen-bond acceptors (Lipinski definition) is 3. The molecule has 0 spiro atoms. The molecule has 2 aromatic rings. The van der Waals surface area contributed by atoms with Crippen LogP contribution in [0, 0.1) is 6.92 Å². The quantitative estimate of drug-likeness (QED) is 0.884. The zero-order valence-electron chi connectivity index (χ0n) is 14.5. The Morgan fingerprint density at radius 2 is 1.80 bits per heavy atom. The van der Waals surface area contributed by atoms with E-state index in [1.807, 2.05) is 36.1 Å². The number of anilines is 2. The van der Waals surface area contributed by atoms with Crippen LogP contribution < -0.4 is 10.2 Å². The Hall–Kier alpha value is -2.20. The molecule has 1 saturated heterocycles. The molecule has 25 heavy (non-hydrogen) atoms. The third-order valence-electron chi connectivity index (χ3n) is 4.59. The molecule has 2 aromatic carbocycles. The van der Waals surface area contributed by atoms with E-state index in [-0.39, 0.29) is 5.91 Å². The van der Waals surface area contributed by atoms with Gasteiger partial charge in [0.1, 0.15) is 0 Å². The summed E-state index contributed by atoms with van der Waals surface area (Å²) in [5.41, 5.74) is 3.24. The lowest BCUT2D eigenvalue weighted by Gasteiger charge is -2.36. The summed E-state index contributed by atoms with van der Waals surface area (Å²) in [6, 6.07) is 16.2. The van der Waals surface area contributed by atoms with Gasteiger partial charge < -0.3 is 15.1 Å². The molecule has 0 atom stereocenters. The molecule has 132 valence electrons. The van der Waals surface area contributed by atoms with Crippen LogP contribution in [-0.4, -0.2) is 43.5 Å². The summed E-state index contributed by atoms with van der Waals surface area (Å²) in [6.45, 7) is 5.93. The normalized spacial score (nSPS) is 14.5. The number of benzene rings is 2. The molecule has 0 unspecified atom stereocenters. The summed E-state index contributed by atoms with van der Waals surface area (Å²) >= 11 is 6.12. The highest BCUT2D eigenvalue weighted by Gasteiger charge is 2.20. The van der Waals surface area contributed by atoms with Crippen LogP contribution >= 0.6 is 11.6 Å². The molecule has 0 bridgehead atoms. The molecule has 1 amide bonds. The van der Waals surface area contributed by atoms with Crippen molar-refractivity contribution in [1.29, 1.82) is 0 Å². The van der Waals surface area contributed by atoms with E-state index in [4.69, 9.17) is 11.6 Å². The van der Waals surface area contributed by atoms with Crippen molar-refractivity contribution in [1.82, 2.24) is 4.90 Å². The minimum atomic E-state index is 0.207. The SMILES string of the molecule is Cc1ccc(NCCC(=O)N2CCN(c3ccccc3)CC2)cc1Cl. The minimum absolute atomic E-state index is 0.207. The number of nitrogens with one attached hydrogen (secondary N) is 1. The van der Waals surface area contributed by atoms with Gasteiger partial charge in [0.15, 0.2) is 0 Å². The van der Waals surface area contributed by atoms with Crippen molar-refractivity contribution < 1.29 is 4.79 Å². The van der Waals surface area contributed by atoms with Crippen LogP contribution in [0.2, 0.25) is 5.02 Å². The summed E-state index contributed by atoms with van der Waals surface area (Å²) in [4.78, 5) is 16.7. The molecule has 0 aliphatic carbocycles. The minimum Gasteiger partial charge on any atom is -0.384 e. The van der Waals surface area contributed by atoms with Gasteiger partial charge in [-0.25, -0.2) is 0 Å². The van der Waals surface area contributed by atoms with Crippen molar-refractivity contribution in [2.75, 3.05) is 42.9 Å². The highest BCUT2D eigenvalue weighted by Crippen LogP contribution is 2.20. The predicted octanol–water partition coefficient (Wildman–Crippen LogP) is 3.80. The number of aryl methyl sites for hydroxylation is 1. The molecule has 1 fully saturated rings. The third-order valence-corrected chi connectivity index (χ3v) is 5.00. The fourth-order valence-corrected chi connectivity index (χ4v) is 3.21. The van der Waals surface area contributed by atoms with E-state index in [1.54, 1.807) is 0 Å². The number of piperazine rings is 1. The highest BCUT2D eigenvalue weighted by molar-refractivity contribution is 6.31. The lowest BCUT2D eigenvalue weighted by molar-refractivity contribution is -0.131. The van der Waals surface area contributed by atoms with Crippen molar-refractivity contribution >= 4 is 28.9 Å². The number of rotatable bonds is 5. The van der Waals surface area contributed by atoms with Crippen LogP contribution in [0.3, 0.4) is 0 Å².